The van der Waals surface area contributed by atoms with Crippen molar-refractivity contribution < 1.29 is 13.6 Å². The van der Waals surface area contributed by atoms with Crippen molar-refractivity contribution in [2.75, 3.05) is 11.1 Å². The molecule has 0 heterocycles. The van der Waals surface area contributed by atoms with Crippen molar-refractivity contribution >= 4 is 33.2 Å². The number of nitrogen functional groups attached to an aromatic ring is 1. The van der Waals surface area contributed by atoms with E-state index in [0.29, 0.717) is 17.4 Å². The molecule has 6 heteroatoms. The highest BCUT2D eigenvalue weighted by atomic mass is 79.9. The van der Waals surface area contributed by atoms with E-state index >= 15 is 0 Å². The van der Waals surface area contributed by atoms with Gasteiger partial charge in [0, 0.05) is 10.5 Å². The lowest BCUT2D eigenvalue weighted by Crippen LogP contribution is -2.15. The third-order valence-electron chi connectivity index (χ3n) is 2.75. The van der Waals surface area contributed by atoms with Crippen LogP contribution < -0.4 is 11.1 Å². The Hall–Kier alpha value is -1.95. The molecule has 3 nitrogen and oxygen atoms in total. The maximum absolute atomic E-state index is 13.6. The molecule has 2 aromatic carbocycles. The molecular weight excluding hydrogens is 330 g/mol. The lowest BCUT2D eigenvalue weighted by atomic mass is 10.1. The molecule has 0 aliphatic rings. The van der Waals surface area contributed by atoms with Gasteiger partial charge in [0.2, 0.25) is 0 Å². The highest BCUT2D eigenvalue weighted by molar-refractivity contribution is 9.10. The molecule has 0 radical (unpaired) electrons. The summed E-state index contributed by atoms with van der Waals surface area (Å²) in [6.07, 6.45) is 0. The van der Waals surface area contributed by atoms with Crippen LogP contribution in [0.15, 0.2) is 34.8 Å². The van der Waals surface area contributed by atoms with Gasteiger partial charge in [-0.1, -0.05) is 15.9 Å². The van der Waals surface area contributed by atoms with Crippen molar-refractivity contribution in [3.8, 4) is 0 Å². The first-order chi connectivity index (χ1) is 9.38. The second kappa shape index (κ2) is 5.58. The third-order valence-corrected chi connectivity index (χ3v) is 3.25. The van der Waals surface area contributed by atoms with Crippen LogP contribution in [0.4, 0.5) is 20.2 Å². The predicted octanol–water partition coefficient (Wildman–Crippen LogP) is 3.87. The molecule has 0 bridgehead atoms. The molecule has 0 aromatic heterocycles. The molecule has 2 rings (SSSR count). The Morgan fingerprint density at radius 3 is 2.55 bits per heavy atom. The standard InChI is InChI=1S/C14H11BrF2N2O/c1-7-4-9(11(17)6-10(7)16)14(20)19-13-3-2-8(15)5-12(13)18/h2-6H,18H2,1H3,(H,19,20). The molecule has 0 unspecified atom stereocenters. The zero-order valence-electron chi connectivity index (χ0n) is 10.5. The summed E-state index contributed by atoms with van der Waals surface area (Å²) in [6, 6.07) is 6.75. The molecule has 0 saturated carbocycles. The van der Waals surface area contributed by atoms with E-state index in [9.17, 15) is 13.6 Å². The van der Waals surface area contributed by atoms with Gasteiger partial charge in [-0.05, 0) is 36.8 Å². The van der Waals surface area contributed by atoms with Gasteiger partial charge in [0.05, 0.1) is 16.9 Å². The second-order valence-electron chi connectivity index (χ2n) is 4.27. The van der Waals surface area contributed by atoms with Crippen LogP contribution in [0.5, 0.6) is 0 Å². The smallest absolute Gasteiger partial charge is 0.258 e. The van der Waals surface area contributed by atoms with E-state index in [1.807, 2.05) is 0 Å². The number of amides is 1. The van der Waals surface area contributed by atoms with E-state index in [4.69, 9.17) is 5.73 Å². The van der Waals surface area contributed by atoms with Gasteiger partial charge in [0.15, 0.2) is 0 Å². The molecule has 0 aliphatic carbocycles. The van der Waals surface area contributed by atoms with Gasteiger partial charge in [-0.2, -0.15) is 0 Å². The molecule has 3 N–H and O–H groups in total. The zero-order valence-corrected chi connectivity index (χ0v) is 12.1. The van der Waals surface area contributed by atoms with E-state index in [2.05, 4.69) is 21.2 Å². The zero-order chi connectivity index (χ0) is 14.9. The number of carbonyl (C=O) groups is 1. The van der Waals surface area contributed by atoms with Crippen LogP contribution in [0.2, 0.25) is 0 Å². The van der Waals surface area contributed by atoms with E-state index in [-0.39, 0.29) is 11.1 Å². The first-order valence-corrected chi connectivity index (χ1v) is 6.50. The number of nitrogens with two attached hydrogens (primary N) is 1. The van der Waals surface area contributed by atoms with Gasteiger partial charge in [-0.15, -0.1) is 0 Å². The summed E-state index contributed by atoms with van der Waals surface area (Å²) in [4.78, 5) is 12.0. The third kappa shape index (κ3) is 2.96. The Balaban J connectivity index is 2.31. The maximum atomic E-state index is 13.6. The normalized spacial score (nSPS) is 10.4. The number of hydrogen-bond donors (Lipinski definition) is 2. The average Bonchev–Trinajstić information content (AvgIpc) is 2.37. The second-order valence-corrected chi connectivity index (χ2v) is 5.18. The molecule has 104 valence electrons. The number of benzene rings is 2. The number of halogens is 3. The van der Waals surface area contributed by atoms with Crippen LogP contribution >= 0.6 is 15.9 Å². The number of anilines is 2. The first-order valence-electron chi connectivity index (χ1n) is 5.70. The van der Waals surface area contributed by atoms with Crippen LogP contribution in [-0.2, 0) is 0 Å². The Morgan fingerprint density at radius 1 is 1.20 bits per heavy atom. The lowest BCUT2D eigenvalue weighted by molar-refractivity contribution is 0.102. The van der Waals surface area contributed by atoms with Gasteiger partial charge in [-0.25, -0.2) is 8.78 Å². The van der Waals surface area contributed by atoms with Gasteiger partial charge in [0.25, 0.3) is 5.91 Å². The predicted molar refractivity (Wildman–Crippen MR) is 77.6 cm³/mol. The van der Waals surface area contributed by atoms with Crippen molar-refractivity contribution in [3.05, 3.63) is 57.6 Å². The molecule has 0 fully saturated rings. The first kappa shape index (κ1) is 14.5. The number of rotatable bonds is 2. The quantitative estimate of drug-likeness (QED) is 0.815. The van der Waals surface area contributed by atoms with Crippen molar-refractivity contribution in [2.24, 2.45) is 0 Å². The van der Waals surface area contributed by atoms with Gasteiger partial charge >= 0.3 is 0 Å². The fraction of sp³-hybridized carbons (Fsp3) is 0.0714. The fourth-order valence-electron chi connectivity index (χ4n) is 1.67. The lowest BCUT2D eigenvalue weighted by Gasteiger charge is -2.10. The molecular formula is C14H11BrF2N2O. The molecule has 0 saturated heterocycles. The van der Waals surface area contributed by atoms with Crippen molar-refractivity contribution in [1.82, 2.24) is 0 Å². The SMILES string of the molecule is Cc1cc(C(=O)Nc2ccc(Br)cc2N)c(F)cc1F. The molecule has 0 spiro atoms. The Labute approximate surface area is 122 Å². The van der Waals surface area contributed by atoms with Crippen LogP contribution in [0, 0.1) is 18.6 Å². The van der Waals surface area contributed by atoms with Gasteiger partial charge in [-0.3, -0.25) is 4.79 Å². The summed E-state index contributed by atoms with van der Waals surface area (Å²) < 4.78 is 27.5. The van der Waals surface area contributed by atoms with Crippen LogP contribution in [0.3, 0.4) is 0 Å². The minimum atomic E-state index is -0.915. The Morgan fingerprint density at radius 2 is 1.90 bits per heavy atom. The van der Waals surface area contributed by atoms with Crippen LogP contribution in [-0.4, -0.2) is 5.91 Å². The van der Waals surface area contributed by atoms with E-state index in [1.54, 1.807) is 18.2 Å². The number of aryl methyl sites for hydroxylation is 1. The summed E-state index contributed by atoms with van der Waals surface area (Å²) in [7, 11) is 0. The van der Waals surface area contributed by atoms with Crippen molar-refractivity contribution in [1.29, 1.82) is 0 Å². The molecule has 2 aromatic rings. The minimum Gasteiger partial charge on any atom is -0.397 e. The van der Waals surface area contributed by atoms with Gasteiger partial charge < -0.3 is 11.1 Å². The highest BCUT2D eigenvalue weighted by Gasteiger charge is 2.15. The molecule has 20 heavy (non-hydrogen) atoms. The molecule has 0 atom stereocenters. The summed E-state index contributed by atoms with van der Waals surface area (Å²) in [6.45, 7) is 1.46. The number of hydrogen-bond acceptors (Lipinski definition) is 2. The van der Waals surface area contributed by atoms with Crippen molar-refractivity contribution in [2.45, 2.75) is 6.92 Å². The van der Waals surface area contributed by atoms with Crippen molar-refractivity contribution in [3.63, 3.8) is 0 Å². The molecule has 0 aliphatic heterocycles. The maximum Gasteiger partial charge on any atom is 0.258 e. The van der Waals surface area contributed by atoms with Crippen LogP contribution in [0.25, 0.3) is 0 Å². The fourth-order valence-corrected chi connectivity index (χ4v) is 2.05. The number of carbonyl (C=O) groups excluding carboxylic acids is 1. The van der Waals surface area contributed by atoms with E-state index in [1.165, 1.54) is 6.92 Å². The topological polar surface area (TPSA) is 55.1 Å². The Kier molecular flexibility index (Phi) is 4.04. The summed E-state index contributed by atoms with van der Waals surface area (Å²) in [5.41, 5.74) is 6.41. The summed E-state index contributed by atoms with van der Waals surface area (Å²) in [5, 5.41) is 2.49. The average molecular weight is 341 g/mol. The highest BCUT2D eigenvalue weighted by Crippen LogP contribution is 2.24. The van der Waals surface area contributed by atoms with E-state index < -0.39 is 17.5 Å². The van der Waals surface area contributed by atoms with E-state index in [0.717, 1.165) is 10.5 Å². The van der Waals surface area contributed by atoms with Gasteiger partial charge in [0.1, 0.15) is 11.6 Å². The minimum absolute atomic E-state index is 0.195. The molecule has 1 amide bonds. The Bertz CT molecular complexity index is 689. The van der Waals surface area contributed by atoms with Crippen LogP contribution in [0.1, 0.15) is 15.9 Å². The monoisotopic (exact) mass is 340 g/mol. The summed E-state index contributed by atoms with van der Waals surface area (Å²) >= 11 is 3.24. The largest absolute Gasteiger partial charge is 0.397 e. The summed E-state index contributed by atoms with van der Waals surface area (Å²) in [5.74, 6) is -2.29. The number of nitrogens with one attached hydrogen (secondary N) is 1.